The second-order valence-electron chi connectivity index (χ2n) is 4.35. The van der Waals surface area contributed by atoms with Crippen molar-refractivity contribution in [3.8, 4) is 0 Å². The Morgan fingerprint density at radius 2 is 2.29 bits per heavy atom. The van der Waals surface area contributed by atoms with Crippen LogP contribution in [0.4, 0.5) is 0 Å². The van der Waals surface area contributed by atoms with E-state index in [1.807, 2.05) is 6.92 Å². The minimum absolute atomic E-state index is 0.158. The summed E-state index contributed by atoms with van der Waals surface area (Å²) in [6.07, 6.45) is 3.14. The van der Waals surface area contributed by atoms with Gasteiger partial charge in [0.1, 0.15) is 0 Å². The van der Waals surface area contributed by atoms with Gasteiger partial charge < -0.3 is 5.11 Å². The Balaban J connectivity index is 2.54. The Bertz CT molecular complexity index is 205. The fraction of sp³-hybridized carbons (Fsp3) is 0.909. The summed E-state index contributed by atoms with van der Waals surface area (Å²) in [6.45, 7) is 7.35. The number of carboxylic acid groups (broad SMARTS) is 1. The van der Waals surface area contributed by atoms with E-state index in [9.17, 15) is 4.79 Å². The molecule has 3 heteroatoms. The van der Waals surface area contributed by atoms with E-state index < -0.39 is 5.97 Å². The molecule has 1 rings (SSSR count). The Kier molecular flexibility index (Phi) is 3.93. The average molecular weight is 199 g/mol. The fourth-order valence-corrected chi connectivity index (χ4v) is 2.50. The topological polar surface area (TPSA) is 40.5 Å². The molecule has 1 heterocycles. The molecule has 1 N–H and O–H groups in total. The van der Waals surface area contributed by atoms with Crippen LogP contribution < -0.4 is 0 Å². The van der Waals surface area contributed by atoms with Crippen molar-refractivity contribution in [3.05, 3.63) is 0 Å². The smallest absolute Gasteiger partial charge is 0.308 e. The molecule has 0 amide bonds. The second kappa shape index (κ2) is 4.78. The molecule has 0 saturated carbocycles. The van der Waals surface area contributed by atoms with Crippen molar-refractivity contribution in [1.29, 1.82) is 0 Å². The first kappa shape index (κ1) is 11.5. The minimum atomic E-state index is -0.635. The van der Waals surface area contributed by atoms with E-state index in [1.54, 1.807) is 0 Å². The van der Waals surface area contributed by atoms with Crippen LogP contribution in [0.25, 0.3) is 0 Å². The number of carboxylic acids is 1. The summed E-state index contributed by atoms with van der Waals surface area (Å²) < 4.78 is 0. The predicted octanol–water partition coefficient (Wildman–Crippen LogP) is 1.97. The Morgan fingerprint density at radius 3 is 2.71 bits per heavy atom. The number of hydrogen-bond donors (Lipinski definition) is 1. The normalized spacial score (nSPS) is 30.5. The van der Waals surface area contributed by atoms with Gasteiger partial charge >= 0.3 is 5.97 Å². The summed E-state index contributed by atoms with van der Waals surface area (Å²) in [5, 5.41) is 8.99. The van der Waals surface area contributed by atoms with Crippen LogP contribution in [0.2, 0.25) is 0 Å². The van der Waals surface area contributed by atoms with E-state index >= 15 is 0 Å². The maximum Gasteiger partial charge on any atom is 0.308 e. The van der Waals surface area contributed by atoms with Crippen LogP contribution in [0, 0.1) is 5.92 Å². The van der Waals surface area contributed by atoms with Gasteiger partial charge in [0.05, 0.1) is 5.92 Å². The first-order valence-corrected chi connectivity index (χ1v) is 5.56. The van der Waals surface area contributed by atoms with Crippen LogP contribution in [-0.2, 0) is 4.79 Å². The first-order valence-electron chi connectivity index (χ1n) is 5.56. The van der Waals surface area contributed by atoms with E-state index in [-0.39, 0.29) is 12.0 Å². The zero-order chi connectivity index (χ0) is 10.7. The van der Waals surface area contributed by atoms with Crippen molar-refractivity contribution in [3.63, 3.8) is 0 Å². The minimum Gasteiger partial charge on any atom is -0.481 e. The number of aliphatic carboxylic acids is 1. The van der Waals surface area contributed by atoms with E-state index in [1.165, 1.54) is 6.42 Å². The molecule has 0 radical (unpaired) electrons. The molecule has 0 spiro atoms. The van der Waals surface area contributed by atoms with E-state index in [0.717, 1.165) is 19.4 Å². The van der Waals surface area contributed by atoms with Crippen molar-refractivity contribution in [2.45, 2.75) is 52.1 Å². The maximum atomic E-state index is 10.9. The molecule has 1 saturated heterocycles. The van der Waals surface area contributed by atoms with Crippen molar-refractivity contribution >= 4 is 5.97 Å². The van der Waals surface area contributed by atoms with Gasteiger partial charge in [-0.25, -0.2) is 0 Å². The number of rotatable bonds is 4. The summed E-state index contributed by atoms with van der Waals surface area (Å²) in [5.41, 5.74) is 0. The molecule has 3 nitrogen and oxygen atoms in total. The molecule has 0 aromatic carbocycles. The lowest BCUT2D eigenvalue weighted by Gasteiger charge is -2.29. The van der Waals surface area contributed by atoms with Gasteiger partial charge in [0, 0.05) is 12.1 Å². The third kappa shape index (κ3) is 2.27. The third-order valence-electron chi connectivity index (χ3n) is 3.39. The van der Waals surface area contributed by atoms with Gasteiger partial charge in [0.25, 0.3) is 0 Å². The van der Waals surface area contributed by atoms with E-state index in [0.29, 0.717) is 6.04 Å². The highest BCUT2D eigenvalue weighted by Crippen LogP contribution is 2.27. The van der Waals surface area contributed by atoms with Crippen LogP contribution in [0.15, 0.2) is 0 Å². The largest absolute Gasteiger partial charge is 0.481 e. The monoisotopic (exact) mass is 199 g/mol. The quantitative estimate of drug-likeness (QED) is 0.752. The second-order valence-corrected chi connectivity index (χ2v) is 4.35. The van der Waals surface area contributed by atoms with E-state index in [2.05, 4.69) is 18.7 Å². The van der Waals surface area contributed by atoms with Crippen molar-refractivity contribution in [2.24, 2.45) is 5.92 Å². The highest BCUT2D eigenvalue weighted by atomic mass is 16.4. The van der Waals surface area contributed by atoms with Gasteiger partial charge in [-0.05, 0) is 33.2 Å². The molecule has 0 aliphatic carbocycles. The Labute approximate surface area is 86.1 Å². The SMILES string of the molecule is CCCC(C)N1CCC(C(=O)O)C1C. The van der Waals surface area contributed by atoms with Crippen LogP contribution in [-0.4, -0.2) is 34.6 Å². The predicted molar refractivity (Wildman–Crippen MR) is 56.3 cm³/mol. The van der Waals surface area contributed by atoms with Crippen LogP contribution in [0.5, 0.6) is 0 Å². The first-order chi connectivity index (χ1) is 6.57. The number of nitrogens with zero attached hydrogens (tertiary/aromatic N) is 1. The molecule has 3 atom stereocenters. The van der Waals surface area contributed by atoms with Gasteiger partial charge in [0.2, 0.25) is 0 Å². The van der Waals surface area contributed by atoms with Crippen LogP contribution in [0.1, 0.15) is 40.0 Å². The van der Waals surface area contributed by atoms with Crippen molar-refractivity contribution in [2.75, 3.05) is 6.54 Å². The molecule has 1 aliphatic heterocycles. The summed E-state index contributed by atoms with van der Waals surface area (Å²) in [6, 6.07) is 0.730. The number of carbonyl (C=O) groups is 1. The molecule has 82 valence electrons. The molecule has 14 heavy (non-hydrogen) atoms. The summed E-state index contributed by atoms with van der Waals surface area (Å²) in [4.78, 5) is 13.2. The van der Waals surface area contributed by atoms with Crippen LogP contribution >= 0.6 is 0 Å². The Morgan fingerprint density at radius 1 is 1.64 bits per heavy atom. The van der Waals surface area contributed by atoms with Crippen molar-refractivity contribution < 1.29 is 9.90 Å². The summed E-state index contributed by atoms with van der Waals surface area (Å²) >= 11 is 0. The highest BCUT2D eigenvalue weighted by molar-refractivity contribution is 5.71. The molecular weight excluding hydrogens is 178 g/mol. The van der Waals surface area contributed by atoms with Gasteiger partial charge in [-0.15, -0.1) is 0 Å². The maximum absolute atomic E-state index is 10.9. The lowest BCUT2D eigenvalue weighted by Crippen LogP contribution is -2.39. The number of hydrogen-bond acceptors (Lipinski definition) is 2. The van der Waals surface area contributed by atoms with Crippen molar-refractivity contribution in [1.82, 2.24) is 4.90 Å². The molecular formula is C11H21NO2. The summed E-state index contributed by atoms with van der Waals surface area (Å²) in [7, 11) is 0. The molecule has 1 aliphatic rings. The highest BCUT2D eigenvalue weighted by Gasteiger charge is 2.37. The zero-order valence-electron chi connectivity index (χ0n) is 9.36. The third-order valence-corrected chi connectivity index (χ3v) is 3.39. The molecule has 0 aromatic rings. The lowest BCUT2D eigenvalue weighted by molar-refractivity contribution is -0.142. The van der Waals surface area contributed by atoms with E-state index in [4.69, 9.17) is 5.11 Å². The molecule has 3 unspecified atom stereocenters. The average Bonchev–Trinajstić information content (AvgIpc) is 2.47. The number of likely N-dealkylation sites (tertiary alicyclic amines) is 1. The van der Waals surface area contributed by atoms with Gasteiger partial charge in [0.15, 0.2) is 0 Å². The lowest BCUT2D eigenvalue weighted by atomic mass is 10.0. The molecule has 1 fully saturated rings. The van der Waals surface area contributed by atoms with Gasteiger partial charge in [-0.3, -0.25) is 9.69 Å². The fourth-order valence-electron chi connectivity index (χ4n) is 2.50. The summed E-state index contributed by atoms with van der Waals surface area (Å²) in [5.74, 6) is -0.794. The zero-order valence-corrected chi connectivity index (χ0v) is 9.36. The van der Waals surface area contributed by atoms with Crippen LogP contribution in [0.3, 0.4) is 0 Å². The van der Waals surface area contributed by atoms with Gasteiger partial charge in [-0.1, -0.05) is 13.3 Å². The van der Waals surface area contributed by atoms with Gasteiger partial charge in [-0.2, -0.15) is 0 Å². The standard InChI is InChI=1S/C11H21NO2/c1-4-5-8(2)12-7-6-10(9(12)3)11(13)14/h8-10H,4-7H2,1-3H3,(H,13,14). The molecule has 0 bridgehead atoms. The Hall–Kier alpha value is -0.570. The molecule has 0 aromatic heterocycles.